The maximum Gasteiger partial charge on any atom is 0.410 e. The summed E-state index contributed by atoms with van der Waals surface area (Å²) in [6.07, 6.45) is 1.06. The maximum absolute atomic E-state index is 12.6. The van der Waals surface area contributed by atoms with Gasteiger partial charge < -0.3 is 14.7 Å². The standard InChI is InChI=1S/C21H19N3O3/c25-20-11-22-24-10-9-23(12-19(20)24)21(26)27-13-18-16-7-3-1-5-14(16)15-6-2-4-8-17(15)18/h1-8,11,18,25H,9-10,12-13H2. The summed E-state index contributed by atoms with van der Waals surface area (Å²) in [5, 5.41) is 14.0. The molecule has 1 aliphatic heterocycles. The first-order valence-corrected chi connectivity index (χ1v) is 9.06. The van der Waals surface area contributed by atoms with Crippen LogP contribution in [0.5, 0.6) is 5.75 Å². The Kier molecular flexibility index (Phi) is 3.63. The summed E-state index contributed by atoms with van der Waals surface area (Å²) in [6, 6.07) is 16.6. The van der Waals surface area contributed by atoms with Crippen LogP contribution in [0.1, 0.15) is 22.7 Å². The molecule has 0 bridgehead atoms. The van der Waals surface area contributed by atoms with Crippen molar-refractivity contribution in [3.8, 4) is 16.9 Å². The minimum atomic E-state index is -0.358. The molecule has 0 saturated carbocycles. The zero-order chi connectivity index (χ0) is 18.4. The van der Waals surface area contributed by atoms with Gasteiger partial charge in [-0.1, -0.05) is 48.5 Å². The van der Waals surface area contributed by atoms with Gasteiger partial charge in [0.05, 0.1) is 25.0 Å². The third-order valence-electron chi connectivity index (χ3n) is 5.44. The third-order valence-corrected chi connectivity index (χ3v) is 5.44. The van der Waals surface area contributed by atoms with Crippen LogP contribution < -0.4 is 0 Å². The molecule has 6 heteroatoms. The van der Waals surface area contributed by atoms with Crippen molar-refractivity contribution in [2.45, 2.75) is 19.0 Å². The first kappa shape index (κ1) is 15.9. The number of hydrogen-bond acceptors (Lipinski definition) is 4. The van der Waals surface area contributed by atoms with Crippen LogP contribution in [0.4, 0.5) is 4.79 Å². The van der Waals surface area contributed by atoms with Crippen molar-refractivity contribution in [1.29, 1.82) is 0 Å². The van der Waals surface area contributed by atoms with E-state index < -0.39 is 0 Å². The molecule has 1 aromatic heterocycles. The molecule has 0 fully saturated rings. The number of hydrogen-bond donors (Lipinski definition) is 1. The number of aromatic hydroxyl groups is 1. The van der Waals surface area contributed by atoms with Crippen LogP contribution in [-0.2, 0) is 17.8 Å². The molecule has 5 rings (SSSR count). The second-order valence-corrected chi connectivity index (χ2v) is 6.93. The van der Waals surface area contributed by atoms with Crippen LogP contribution in [0.15, 0.2) is 54.7 Å². The molecule has 0 radical (unpaired) electrons. The van der Waals surface area contributed by atoms with Gasteiger partial charge in [-0.15, -0.1) is 0 Å². The van der Waals surface area contributed by atoms with Crippen LogP contribution in [0.25, 0.3) is 11.1 Å². The Morgan fingerprint density at radius 2 is 1.74 bits per heavy atom. The molecule has 136 valence electrons. The molecule has 0 atom stereocenters. The molecule has 3 aromatic rings. The van der Waals surface area contributed by atoms with Crippen LogP contribution in [0, 0.1) is 0 Å². The molecule has 0 saturated heterocycles. The van der Waals surface area contributed by atoms with Gasteiger partial charge in [-0.3, -0.25) is 4.68 Å². The van der Waals surface area contributed by atoms with Crippen LogP contribution in [-0.4, -0.2) is 39.0 Å². The number of amides is 1. The van der Waals surface area contributed by atoms with E-state index in [1.807, 2.05) is 24.3 Å². The predicted molar refractivity (Wildman–Crippen MR) is 99.4 cm³/mol. The fraction of sp³-hybridized carbons (Fsp3) is 0.238. The van der Waals surface area contributed by atoms with Gasteiger partial charge in [-0.25, -0.2) is 4.79 Å². The average molecular weight is 361 g/mol. The number of carbonyl (C=O) groups excluding carboxylic acids is 1. The molecule has 1 amide bonds. The number of ether oxygens (including phenoxy) is 1. The first-order chi connectivity index (χ1) is 13.2. The van der Waals surface area contributed by atoms with Crippen LogP contribution in [0.3, 0.4) is 0 Å². The van der Waals surface area contributed by atoms with Gasteiger partial charge in [-0.2, -0.15) is 5.10 Å². The van der Waals surface area contributed by atoms with Crippen LogP contribution >= 0.6 is 0 Å². The lowest BCUT2D eigenvalue weighted by atomic mass is 9.98. The van der Waals surface area contributed by atoms with Gasteiger partial charge in [0, 0.05) is 12.5 Å². The quantitative estimate of drug-likeness (QED) is 0.760. The topological polar surface area (TPSA) is 67.6 Å². The van der Waals surface area contributed by atoms with E-state index in [4.69, 9.17) is 4.74 Å². The summed E-state index contributed by atoms with van der Waals surface area (Å²) in [4.78, 5) is 14.2. The highest BCUT2D eigenvalue weighted by atomic mass is 16.6. The molecule has 1 aliphatic carbocycles. The fourth-order valence-electron chi connectivity index (χ4n) is 4.07. The minimum Gasteiger partial charge on any atom is -0.504 e. The van der Waals surface area contributed by atoms with Gasteiger partial charge in [0.1, 0.15) is 6.61 Å². The molecule has 2 aliphatic rings. The van der Waals surface area contributed by atoms with Crippen molar-refractivity contribution in [3.63, 3.8) is 0 Å². The second kappa shape index (κ2) is 6.16. The molecule has 6 nitrogen and oxygen atoms in total. The van der Waals surface area contributed by atoms with Crippen molar-refractivity contribution in [2.24, 2.45) is 0 Å². The van der Waals surface area contributed by atoms with E-state index in [0.29, 0.717) is 31.9 Å². The average Bonchev–Trinajstić information content (AvgIpc) is 3.24. The molecule has 2 aromatic carbocycles. The first-order valence-electron chi connectivity index (χ1n) is 9.06. The highest BCUT2D eigenvalue weighted by Crippen LogP contribution is 2.44. The van der Waals surface area contributed by atoms with Gasteiger partial charge >= 0.3 is 6.09 Å². The van der Waals surface area contributed by atoms with E-state index >= 15 is 0 Å². The monoisotopic (exact) mass is 361 g/mol. The van der Waals surface area contributed by atoms with Crippen molar-refractivity contribution in [2.75, 3.05) is 13.2 Å². The number of rotatable bonds is 2. The Hall–Kier alpha value is -3.28. The van der Waals surface area contributed by atoms with Gasteiger partial charge in [-0.05, 0) is 22.3 Å². The van der Waals surface area contributed by atoms with Crippen molar-refractivity contribution in [3.05, 3.63) is 71.5 Å². The van der Waals surface area contributed by atoms with E-state index in [1.165, 1.54) is 28.5 Å². The zero-order valence-electron chi connectivity index (χ0n) is 14.7. The summed E-state index contributed by atoms with van der Waals surface area (Å²) >= 11 is 0. The van der Waals surface area contributed by atoms with E-state index in [1.54, 1.807) is 9.58 Å². The lowest BCUT2D eigenvalue weighted by Gasteiger charge is -2.27. The number of benzene rings is 2. The summed E-state index contributed by atoms with van der Waals surface area (Å²) in [7, 11) is 0. The fourth-order valence-corrected chi connectivity index (χ4v) is 4.07. The summed E-state index contributed by atoms with van der Waals surface area (Å²) < 4.78 is 7.41. The number of carbonyl (C=O) groups is 1. The smallest absolute Gasteiger partial charge is 0.410 e. The van der Waals surface area contributed by atoms with E-state index in [2.05, 4.69) is 29.4 Å². The Labute approximate surface area is 156 Å². The molecular weight excluding hydrogens is 342 g/mol. The number of fused-ring (bicyclic) bond motifs is 4. The highest BCUT2D eigenvalue weighted by molar-refractivity contribution is 5.79. The van der Waals surface area contributed by atoms with E-state index in [0.717, 1.165) is 0 Å². The molecule has 2 heterocycles. The van der Waals surface area contributed by atoms with E-state index in [9.17, 15) is 9.90 Å². The molecule has 0 unspecified atom stereocenters. The molecule has 27 heavy (non-hydrogen) atoms. The Morgan fingerprint density at radius 1 is 1.07 bits per heavy atom. The molecule has 0 spiro atoms. The summed E-state index contributed by atoms with van der Waals surface area (Å²) in [5.74, 6) is 0.163. The van der Waals surface area contributed by atoms with Crippen LogP contribution in [0.2, 0.25) is 0 Å². The molecule has 1 N–H and O–H groups in total. The largest absolute Gasteiger partial charge is 0.504 e. The minimum absolute atomic E-state index is 0.0464. The lowest BCUT2D eigenvalue weighted by Crippen LogP contribution is -2.39. The Bertz CT molecular complexity index is 982. The predicted octanol–water partition coefficient (Wildman–Crippen LogP) is 3.35. The number of aromatic nitrogens is 2. The molecular formula is C21H19N3O3. The summed E-state index contributed by atoms with van der Waals surface area (Å²) in [5.41, 5.74) is 5.46. The highest BCUT2D eigenvalue weighted by Gasteiger charge is 2.30. The third kappa shape index (κ3) is 2.56. The van der Waals surface area contributed by atoms with Gasteiger partial charge in [0.25, 0.3) is 0 Å². The van der Waals surface area contributed by atoms with E-state index in [-0.39, 0.29) is 17.8 Å². The van der Waals surface area contributed by atoms with Crippen molar-refractivity contribution < 1.29 is 14.6 Å². The SMILES string of the molecule is O=C(OCC1c2ccccc2-c2ccccc21)N1CCn2ncc(O)c2C1. The maximum atomic E-state index is 12.6. The van der Waals surface area contributed by atoms with Gasteiger partial charge in [0.2, 0.25) is 0 Å². The summed E-state index contributed by atoms with van der Waals surface area (Å²) in [6.45, 7) is 1.68. The number of nitrogens with zero attached hydrogens (tertiary/aromatic N) is 3. The van der Waals surface area contributed by atoms with Crippen molar-refractivity contribution >= 4 is 6.09 Å². The normalized spacial score (nSPS) is 15.2. The van der Waals surface area contributed by atoms with Crippen molar-refractivity contribution in [1.82, 2.24) is 14.7 Å². The second-order valence-electron chi connectivity index (χ2n) is 6.93. The lowest BCUT2D eigenvalue weighted by molar-refractivity contribution is 0.0888. The van der Waals surface area contributed by atoms with Gasteiger partial charge in [0.15, 0.2) is 5.75 Å². The Balaban J connectivity index is 1.33. The zero-order valence-corrected chi connectivity index (χ0v) is 14.7. The Morgan fingerprint density at radius 3 is 2.44 bits per heavy atom.